The number of aliphatic imine (C=N–C) groups is 1. The highest BCUT2D eigenvalue weighted by Crippen LogP contribution is 2.08. The third-order valence-electron chi connectivity index (χ3n) is 4.59. The zero-order chi connectivity index (χ0) is 17.5. The van der Waals surface area contributed by atoms with Crippen LogP contribution in [0.5, 0.6) is 0 Å². The van der Waals surface area contributed by atoms with Crippen molar-refractivity contribution in [1.29, 1.82) is 0 Å². The van der Waals surface area contributed by atoms with Gasteiger partial charge in [-0.15, -0.1) is 24.0 Å². The number of benzene rings is 1. The number of guanidine groups is 1. The van der Waals surface area contributed by atoms with E-state index in [1.807, 2.05) is 25.0 Å². The first-order chi connectivity index (χ1) is 12.2. The van der Waals surface area contributed by atoms with Crippen LogP contribution >= 0.6 is 24.0 Å². The monoisotopic (exact) mass is 468 g/mol. The van der Waals surface area contributed by atoms with Crippen LogP contribution < -0.4 is 5.32 Å². The highest BCUT2D eigenvalue weighted by molar-refractivity contribution is 14.0. The molecule has 1 saturated heterocycles. The molecule has 0 atom stereocenters. The van der Waals surface area contributed by atoms with E-state index in [4.69, 9.17) is 0 Å². The van der Waals surface area contributed by atoms with Gasteiger partial charge in [-0.2, -0.15) is 5.10 Å². The van der Waals surface area contributed by atoms with Gasteiger partial charge in [-0.25, -0.2) is 0 Å². The Labute approximate surface area is 173 Å². The van der Waals surface area contributed by atoms with Crippen molar-refractivity contribution < 1.29 is 0 Å². The quantitative estimate of drug-likeness (QED) is 0.414. The van der Waals surface area contributed by atoms with Crippen LogP contribution in [0.25, 0.3) is 0 Å². The lowest BCUT2D eigenvalue weighted by Crippen LogP contribution is -2.52. The molecule has 1 aliphatic rings. The number of aromatic nitrogens is 2. The summed E-state index contributed by atoms with van der Waals surface area (Å²) in [6.45, 7) is 6.07. The number of piperazine rings is 1. The first-order valence-corrected chi connectivity index (χ1v) is 8.94. The van der Waals surface area contributed by atoms with E-state index in [2.05, 4.69) is 61.7 Å². The summed E-state index contributed by atoms with van der Waals surface area (Å²) in [5, 5.41) is 7.69. The molecule has 6 nitrogen and oxygen atoms in total. The Bertz CT molecular complexity index is 676. The molecule has 0 spiro atoms. The molecule has 1 aliphatic heterocycles. The molecule has 2 aromatic rings. The average molecular weight is 468 g/mol. The number of hydrogen-bond acceptors (Lipinski definition) is 3. The van der Waals surface area contributed by atoms with E-state index in [-0.39, 0.29) is 24.0 Å². The summed E-state index contributed by atoms with van der Waals surface area (Å²) < 4.78 is 1.84. The fraction of sp³-hybridized carbons (Fsp3) is 0.474. The molecule has 1 aromatic heterocycles. The van der Waals surface area contributed by atoms with E-state index in [1.54, 1.807) is 0 Å². The Morgan fingerprint density at radius 3 is 2.46 bits per heavy atom. The normalized spacial score (nSPS) is 15.6. The minimum absolute atomic E-state index is 0. The van der Waals surface area contributed by atoms with Crippen LogP contribution in [0.4, 0.5) is 0 Å². The Morgan fingerprint density at radius 2 is 1.85 bits per heavy atom. The molecule has 7 heteroatoms. The zero-order valence-corrected chi connectivity index (χ0v) is 18.0. The molecule has 26 heavy (non-hydrogen) atoms. The average Bonchev–Trinajstić information content (AvgIpc) is 3.06. The summed E-state index contributed by atoms with van der Waals surface area (Å²) in [6.07, 6.45) is 4.94. The Kier molecular flexibility index (Phi) is 8.37. The zero-order valence-electron chi connectivity index (χ0n) is 15.6. The minimum atomic E-state index is 0. The summed E-state index contributed by atoms with van der Waals surface area (Å²) in [7, 11) is 3.81. The summed E-state index contributed by atoms with van der Waals surface area (Å²) >= 11 is 0. The number of nitrogens with one attached hydrogen (secondary N) is 1. The second-order valence-corrected chi connectivity index (χ2v) is 6.50. The molecule has 1 N–H and O–H groups in total. The number of hydrogen-bond donors (Lipinski definition) is 1. The standard InChI is InChI=1S/C19H28N6.HI/c1-20-19(21-9-8-18-14-22-23(2)15-18)25-12-10-24(11-13-25)16-17-6-4-3-5-7-17;/h3-7,14-15H,8-13,16H2,1-2H3,(H,20,21);1H. The lowest BCUT2D eigenvalue weighted by atomic mass is 10.2. The van der Waals surface area contributed by atoms with E-state index in [0.717, 1.165) is 51.6 Å². The smallest absolute Gasteiger partial charge is 0.193 e. The highest BCUT2D eigenvalue weighted by Gasteiger charge is 2.19. The third kappa shape index (κ3) is 5.98. The fourth-order valence-electron chi connectivity index (χ4n) is 3.21. The maximum atomic E-state index is 4.45. The van der Waals surface area contributed by atoms with Crippen LogP contribution in [0.15, 0.2) is 47.7 Å². The summed E-state index contributed by atoms with van der Waals surface area (Å²) in [5.41, 5.74) is 2.63. The second kappa shape index (κ2) is 10.5. The maximum absolute atomic E-state index is 4.45. The van der Waals surface area contributed by atoms with Gasteiger partial charge in [-0.05, 0) is 17.5 Å². The summed E-state index contributed by atoms with van der Waals surface area (Å²) in [6, 6.07) is 10.7. The molecule has 0 saturated carbocycles. The molecule has 2 heterocycles. The van der Waals surface area contributed by atoms with Gasteiger partial charge in [0.2, 0.25) is 0 Å². The van der Waals surface area contributed by atoms with Crippen molar-refractivity contribution in [1.82, 2.24) is 24.9 Å². The van der Waals surface area contributed by atoms with E-state index in [1.165, 1.54) is 11.1 Å². The van der Waals surface area contributed by atoms with Gasteiger partial charge in [0.05, 0.1) is 6.20 Å². The first-order valence-electron chi connectivity index (χ1n) is 8.94. The molecule has 0 unspecified atom stereocenters. The molecule has 142 valence electrons. The molecule has 0 aliphatic carbocycles. The van der Waals surface area contributed by atoms with Crippen LogP contribution in [0.1, 0.15) is 11.1 Å². The Morgan fingerprint density at radius 1 is 1.12 bits per heavy atom. The SMILES string of the molecule is CN=C(NCCc1cnn(C)c1)N1CCN(Cc2ccccc2)CC1.I. The molecular weight excluding hydrogens is 439 g/mol. The van der Waals surface area contributed by atoms with Crippen LogP contribution in [0.3, 0.4) is 0 Å². The Balaban J connectivity index is 0.00000243. The molecule has 1 aromatic carbocycles. The van der Waals surface area contributed by atoms with Crippen molar-refractivity contribution in [2.24, 2.45) is 12.0 Å². The molecule has 0 bridgehead atoms. The molecule has 3 rings (SSSR count). The van der Waals surface area contributed by atoms with Gasteiger partial charge in [-0.3, -0.25) is 14.6 Å². The highest BCUT2D eigenvalue weighted by atomic mass is 127. The predicted molar refractivity (Wildman–Crippen MR) is 117 cm³/mol. The van der Waals surface area contributed by atoms with Crippen LogP contribution in [0, 0.1) is 0 Å². The number of halogens is 1. The topological polar surface area (TPSA) is 48.7 Å². The van der Waals surface area contributed by atoms with E-state index in [9.17, 15) is 0 Å². The summed E-state index contributed by atoms with van der Waals surface area (Å²) in [5.74, 6) is 1.00. The van der Waals surface area contributed by atoms with Gasteiger partial charge in [0.25, 0.3) is 0 Å². The first kappa shape index (κ1) is 20.7. The van der Waals surface area contributed by atoms with Crippen molar-refractivity contribution in [2.45, 2.75) is 13.0 Å². The molecular formula is C19H29IN6. The van der Waals surface area contributed by atoms with E-state index in [0.29, 0.717) is 0 Å². The molecule has 0 amide bonds. The van der Waals surface area contributed by atoms with Gasteiger partial charge >= 0.3 is 0 Å². The van der Waals surface area contributed by atoms with E-state index >= 15 is 0 Å². The van der Waals surface area contributed by atoms with Crippen molar-refractivity contribution in [3.63, 3.8) is 0 Å². The molecule has 1 fully saturated rings. The minimum Gasteiger partial charge on any atom is -0.356 e. The number of rotatable bonds is 5. The van der Waals surface area contributed by atoms with Gasteiger partial charge in [-0.1, -0.05) is 30.3 Å². The summed E-state index contributed by atoms with van der Waals surface area (Å²) in [4.78, 5) is 9.31. The Hall–Kier alpha value is -1.61. The van der Waals surface area contributed by atoms with Crippen molar-refractivity contribution in [3.05, 3.63) is 53.9 Å². The number of aryl methyl sites for hydroxylation is 1. The van der Waals surface area contributed by atoms with Crippen LogP contribution in [-0.2, 0) is 20.0 Å². The van der Waals surface area contributed by atoms with Crippen molar-refractivity contribution in [3.8, 4) is 0 Å². The lowest BCUT2D eigenvalue weighted by molar-refractivity contribution is 0.172. The second-order valence-electron chi connectivity index (χ2n) is 6.50. The lowest BCUT2D eigenvalue weighted by Gasteiger charge is -2.36. The fourth-order valence-corrected chi connectivity index (χ4v) is 3.21. The largest absolute Gasteiger partial charge is 0.356 e. The van der Waals surface area contributed by atoms with Crippen molar-refractivity contribution in [2.75, 3.05) is 39.8 Å². The maximum Gasteiger partial charge on any atom is 0.193 e. The van der Waals surface area contributed by atoms with Gasteiger partial charge in [0.1, 0.15) is 0 Å². The molecule has 0 radical (unpaired) electrons. The van der Waals surface area contributed by atoms with Crippen LogP contribution in [-0.4, -0.2) is 65.3 Å². The van der Waals surface area contributed by atoms with Gasteiger partial charge in [0.15, 0.2) is 5.96 Å². The number of nitrogens with zero attached hydrogens (tertiary/aromatic N) is 5. The predicted octanol–water partition coefficient (Wildman–Crippen LogP) is 1.97. The third-order valence-corrected chi connectivity index (χ3v) is 4.59. The van der Waals surface area contributed by atoms with Crippen molar-refractivity contribution >= 4 is 29.9 Å². The van der Waals surface area contributed by atoms with Gasteiger partial charge in [0, 0.05) is 59.6 Å². The van der Waals surface area contributed by atoms with E-state index < -0.39 is 0 Å². The van der Waals surface area contributed by atoms with Crippen LogP contribution in [0.2, 0.25) is 0 Å². The van der Waals surface area contributed by atoms with Gasteiger partial charge < -0.3 is 10.2 Å².